The minimum absolute atomic E-state index is 0.0963. The predicted octanol–water partition coefficient (Wildman–Crippen LogP) is 4.27. The summed E-state index contributed by atoms with van der Waals surface area (Å²) in [5.74, 6) is -0.213. The molecule has 0 saturated carbocycles. The second-order valence-electron chi connectivity index (χ2n) is 7.49. The van der Waals surface area contributed by atoms with Gasteiger partial charge in [0.2, 0.25) is 5.91 Å². The summed E-state index contributed by atoms with van der Waals surface area (Å²) in [6.07, 6.45) is 0.855. The molecule has 2 amide bonds. The van der Waals surface area contributed by atoms with Crippen molar-refractivity contribution >= 4 is 23.2 Å². The highest BCUT2D eigenvalue weighted by Crippen LogP contribution is 2.16. The summed E-state index contributed by atoms with van der Waals surface area (Å²) >= 11 is 0. The summed E-state index contributed by atoms with van der Waals surface area (Å²) in [4.78, 5) is 24.4. The van der Waals surface area contributed by atoms with E-state index < -0.39 is 0 Å². The summed E-state index contributed by atoms with van der Waals surface area (Å²) < 4.78 is 0. The van der Waals surface area contributed by atoms with Gasteiger partial charge in [0.25, 0.3) is 5.91 Å². The van der Waals surface area contributed by atoms with E-state index in [0.29, 0.717) is 5.56 Å². The molecular weight excluding hydrogens is 338 g/mol. The second kappa shape index (κ2) is 8.71. The largest absolute Gasteiger partial charge is 0.376 e. The third kappa shape index (κ3) is 6.13. The van der Waals surface area contributed by atoms with Crippen molar-refractivity contribution in [2.75, 3.05) is 17.2 Å². The van der Waals surface area contributed by atoms with Crippen LogP contribution in [0.15, 0.2) is 42.5 Å². The molecule has 0 bridgehead atoms. The van der Waals surface area contributed by atoms with Crippen molar-refractivity contribution in [3.63, 3.8) is 0 Å². The van der Waals surface area contributed by atoms with Gasteiger partial charge in [-0.05, 0) is 70.0 Å². The zero-order valence-electron chi connectivity index (χ0n) is 16.8. The molecule has 27 heavy (non-hydrogen) atoms. The number of carbonyl (C=O) groups is 2. The van der Waals surface area contributed by atoms with Gasteiger partial charge in [0.1, 0.15) is 0 Å². The molecule has 0 aliphatic heterocycles. The normalized spacial score (nSPS) is 11.0. The van der Waals surface area contributed by atoms with Gasteiger partial charge in [-0.2, -0.15) is 0 Å². The molecule has 2 aromatic rings. The first kappa shape index (κ1) is 20.5. The lowest BCUT2D eigenvalue weighted by Crippen LogP contribution is -2.42. The average Bonchev–Trinajstić information content (AvgIpc) is 2.62. The Kier molecular flexibility index (Phi) is 6.61. The van der Waals surface area contributed by atoms with Crippen LogP contribution in [0.2, 0.25) is 0 Å². The van der Waals surface area contributed by atoms with E-state index in [1.807, 2.05) is 52.8 Å². The molecule has 0 spiro atoms. The second-order valence-corrected chi connectivity index (χ2v) is 7.49. The Hall–Kier alpha value is -2.82. The van der Waals surface area contributed by atoms with Crippen molar-refractivity contribution in [2.45, 2.75) is 46.6 Å². The van der Waals surface area contributed by atoms with E-state index in [9.17, 15) is 9.59 Å². The van der Waals surface area contributed by atoms with Crippen LogP contribution in [0.5, 0.6) is 0 Å². The Morgan fingerprint density at radius 2 is 1.67 bits per heavy atom. The number of carbonyl (C=O) groups excluding carboxylic acids is 2. The zero-order valence-corrected chi connectivity index (χ0v) is 16.8. The number of aryl methyl sites for hydroxylation is 2. The van der Waals surface area contributed by atoms with Gasteiger partial charge in [0.05, 0.1) is 6.54 Å². The van der Waals surface area contributed by atoms with Crippen molar-refractivity contribution < 1.29 is 9.59 Å². The minimum Gasteiger partial charge on any atom is -0.376 e. The highest BCUT2D eigenvalue weighted by atomic mass is 16.2. The summed E-state index contributed by atoms with van der Waals surface area (Å²) in [5.41, 5.74) is 4.17. The predicted molar refractivity (Wildman–Crippen MR) is 111 cm³/mol. The molecule has 0 unspecified atom stereocenters. The quantitative estimate of drug-likeness (QED) is 0.684. The molecule has 2 aromatic carbocycles. The SMILES string of the molecule is CCC(C)(C)NC(=O)c1ccc(NCC(=O)Nc2ccc(C)cc2C)cc1. The van der Waals surface area contributed by atoms with Crippen LogP contribution >= 0.6 is 0 Å². The summed E-state index contributed by atoms with van der Waals surface area (Å²) in [6, 6.07) is 13.0. The van der Waals surface area contributed by atoms with Crippen LogP contribution in [0.1, 0.15) is 48.7 Å². The molecule has 5 nitrogen and oxygen atoms in total. The first-order valence-corrected chi connectivity index (χ1v) is 9.24. The number of nitrogens with one attached hydrogen (secondary N) is 3. The Balaban J connectivity index is 1.89. The maximum atomic E-state index is 12.3. The van der Waals surface area contributed by atoms with Crippen molar-refractivity contribution in [1.29, 1.82) is 0 Å². The number of amides is 2. The van der Waals surface area contributed by atoms with Gasteiger partial charge in [-0.25, -0.2) is 0 Å². The lowest BCUT2D eigenvalue weighted by molar-refractivity contribution is -0.114. The van der Waals surface area contributed by atoms with E-state index in [4.69, 9.17) is 0 Å². The van der Waals surface area contributed by atoms with Gasteiger partial charge in [-0.15, -0.1) is 0 Å². The summed E-state index contributed by atoms with van der Waals surface area (Å²) in [5, 5.41) is 8.99. The Morgan fingerprint density at radius 3 is 2.26 bits per heavy atom. The fraction of sp³-hybridized carbons (Fsp3) is 0.364. The molecule has 0 radical (unpaired) electrons. The molecule has 0 aromatic heterocycles. The standard InChI is InChI=1S/C22H29N3O2/c1-6-22(4,5)25-21(27)17-8-10-18(11-9-17)23-14-20(26)24-19-12-7-15(2)13-16(19)3/h7-13,23H,6,14H2,1-5H3,(H,24,26)(H,25,27). The average molecular weight is 367 g/mol. The molecule has 0 fully saturated rings. The van der Waals surface area contributed by atoms with E-state index in [1.165, 1.54) is 0 Å². The Labute approximate surface area is 161 Å². The van der Waals surface area contributed by atoms with Crippen LogP contribution in [-0.2, 0) is 4.79 Å². The monoisotopic (exact) mass is 367 g/mol. The van der Waals surface area contributed by atoms with Crippen molar-refractivity contribution in [1.82, 2.24) is 5.32 Å². The number of hydrogen-bond donors (Lipinski definition) is 3. The Bertz CT molecular complexity index is 811. The van der Waals surface area contributed by atoms with Crippen LogP contribution in [0, 0.1) is 13.8 Å². The van der Waals surface area contributed by atoms with Crippen LogP contribution < -0.4 is 16.0 Å². The summed E-state index contributed by atoms with van der Waals surface area (Å²) in [7, 11) is 0. The molecule has 0 saturated heterocycles. The Morgan fingerprint density at radius 1 is 1.00 bits per heavy atom. The number of hydrogen-bond acceptors (Lipinski definition) is 3. The number of anilines is 2. The van der Waals surface area contributed by atoms with Crippen LogP contribution in [-0.4, -0.2) is 23.9 Å². The molecule has 0 aliphatic rings. The van der Waals surface area contributed by atoms with Gasteiger partial charge >= 0.3 is 0 Å². The van der Waals surface area contributed by atoms with Gasteiger partial charge in [-0.1, -0.05) is 24.6 Å². The fourth-order valence-electron chi connectivity index (χ4n) is 2.54. The van der Waals surface area contributed by atoms with Gasteiger partial charge in [-0.3, -0.25) is 9.59 Å². The van der Waals surface area contributed by atoms with Crippen LogP contribution in [0.25, 0.3) is 0 Å². The van der Waals surface area contributed by atoms with Crippen LogP contribution in [0.3, 0.4) is 0 Å². The summed E-state index contributed by atoms with van der Waals surface area (Å²) in [6.45, 7) is 10.2. The molecule has 0 heterocycles. The fourth-order valence-corrected chi connectivity index (χ4v) is 2.54. The number of benzene rings is 2. The molecule has 0 aliphatic carbocycles. The lowest BCUT2D eigenvalue weighted by atomic mass is 10.0. The van der Waals surface area contributed by atoms with Crippen molar-refractivity contribution in [2.24, 2.45) is 0 Å². The third-order valence-electron chi connectivity index (χ3n) is 4.59. The maximum absolute atomic E-state index is 12.3. The van der Waals surface area contributed by atoms with Gasteiger partial charge in [0, 0.05) is 22.5 Å². The van der Waals surface area contributed by atoms with E-state index >= 15 is 0 Å². The minimum atomic E-state index is -0.236. The van der Waals surface area contributed by atoms with E-state index in [2.05, 4.69) is 16.0 Å². The molecular formula is C22H29N3O2. The van der Waals surface area contributed by atoms with Crippen LogP contribution in [0.4, 0.5) is 11.4 Å². The molecule has 144 valence electrons. The molecule has 0 atom stereocenters. The molecule has 2 rings (SSSR count). The molecule has 3 N–H and O–H groups in total. The van der Waals surface area contributed by atoms with E-state index in [1.54, 1.807) is 24.3 Å². The third-order valence-corrected chi connectivity index (χ3v) is 4.59. The van der Waals surface area contributed by atoms with E-state index in [0.717, 1.165) is 28.9 Å². The zero-order chi connectivity index (χ0) is 20.0. The highest BCUT2D eigenvalue weighted by Gasteiger charge is 2.18. The molecule has 5 heteroatoms. The topological polar surface area (TPSA) is 70.2 Å². The smallest absolute Gasteiger partial charge is 0.251 e. The van der Waals surface area contributed by atoms with E-state index in [-0.39, 0.29) is 23.9 Å². The highest BCUT2D eigenvalue weighted by molar-refractivity contribution is 5.96. The first-order chi connectivity index (χ1) is 12.7. The number of rotatable bonds is 7. The maximum Gasteiger partial charge on any atom is 0.251 e. The lowest BCUT2D eigenvalue weighted by Gasteiger charge is -2.24. The first-order valence-electron chi connectivity index (χ1n) is 9.24. The van der Waals surface area contributed by atoms with Gasteiger partial charge in [0.15, 0.2) is 0 Å². The van der Waals surface area contributed by atoms with Crippen molar-refractivity contribution in [3.05, 3.63) is 59.2 Å². The van der Waals surface area contributed by atoms with Crippen molar-refractivity contribution in [3.8, 4) is 0 Å². The van der Waals surface area contributed by atoms with Gasteiger partial charge < -0.3 is 16.0 Å².